The van der Waals surface area contributed by atoms with Gasteiger partial charge >= 0.3 is 0 Å². The maximum absolute atomic E-state index is 9.00. The number of hydrogen-bond acceptors (Lipinski definition) is 1. The molecule has 0 unspecified atom stereocenters. The van der Waals surface area contributed by atoms with E-state index < -0.39 is 5.97 Å². The van der Waals surface area contributed by atoms with Crippen LogP contribution < -0.4 is 0 Å². The van der Waals surface area contributed by atoms with Crippen molar-refractivity contribution in [1.82, 2.24) is 0 Å². The van der Waals surface area contributed by atoms with Crippen molar-refractivity contribution in [3.63, 3.8) is 0 Å². The third-order valence-electron chi connectivity index (χ3n) is 0. The second-order valence-electron chi connectivity index (χ2n) is 0.519. The molecule has 4 heteroatoms. The van der Waals surface area contributed by atoms with Gasteiger partial charge in [-0.3, -0.25) is 4.79 Å². The Hall–Kier alpha value is -0.0765. The number of carboxylic acid groups (broad SMARTS) is 1. The molecular weight excluding hydrogens is 131 g/mol. The summed E-state index contributed by atoms with van der Waals surface area (Å²) < 4.78 is 0. The van der Waals surface area contributed by atoms with Crippen molar-refractivity contribution in [1.29, 1.82) is 0 Å². The zero-order valence-electron chi connectivity index (χ0n) is 3.17. The molecule has 0 aromatic rings. The van der Waals surface area contributed by atoms with Crippen molar-refractivity contribution in [3.05, 3.63) is 0 Å². The van der Waals surface area contributed by atoms with Crippen LogP contribution in [0.5, 0.6) is 0 Å². The van der Waals surface area contributed by atoms with Crippen LogP contribution >= 0.6 is 0 Å². The van der Waals surface area contributed by atoms with Crippen LogP contribution in [0.1, 0.15) is 6.92 Å². The minimum absolute atomic E-state index is 0. The molecule has 0 radical (unpaired) electrons. The topological polar surface area (TPSA) is 68.8 Å². The quantitative estimate of drug-likeness (QED) is 0.446. The van der Waals surface area contributed by atoms with Gasteiger partial charge in [0.25, 0.3) is 5.97 Å². The van der Waals surface area contributed by atoms with Gasteiger partial charge in [0.1, 0.15) is 0 Å². The van der Waals surface area contributed by atoms with Crippen LogP contribution in [0.2, 0.25) is 0 Å². The number of hydrogen-bond donors (Lipinski definition) is 1. The van der Waals surface area contributed by atoms with Crippen molar-refractivity contribution < 1.29 is 31.9 Å². The van der Waals surface area contributed by atoms with E-state index in [1.165, 1.54) is 0 Å². The van der Waals surface area contributed by atoms with Gasteiger partial charge < -0.3 is 10.6 Å². The third-order valence-corrected chi connectivity index (χ3v) is 0. The second-order valence-corrected chi connectivity index (χ2v) is 0.519. The molecule has 0 atom stereocenters. The molecule has 0 amide bonds. The summed E-state index contributed by atoms with van der Waals surface area (Å²) in [6.45, 7) is 1.08. The van der Waals surface area contributed by atoms with Crippen LogP contribution in [0.3, 0.4) is 0 Å². The first-order valence-corrected chi connectivity index (χ1v) is 0.928. The van der Waals surface area contributed by atoms with Crippen LogP contribution in [0, 0.1) is 0 Å². The van der Waals surface area contributed by atoms with Crippen LogP contribution in [-0.2, 0) is 21.3 Å². The Morgan fingerprint density at radius 3 is 1.67 bits per heavy atom. The molecule has 0 fully saturated rings. The molecule has 0 bridgehead atoms. The van der Waals surface area contributed by atoms with Crippen molar-refractivity contribution in [2.45, 2.75) is 6.92 Å². The predicted molar refractivity (Wildman–Crippen MR) is 16.9 cm³/mol. The van der Waals surface area contributed by atoms with Crippen LogP contribution in [0.4, 0.5) is 0 Å². The molecular formula is C2H6NiO3. The molecule has 0 rings (SSSR count). The number of rotatable bonds is 0. The van der Waals surface area contributed by atoms with Crippen molar-refractivity contribution >= 4 is 5.97 Å². The fourth-order valence-electron chi connectivity index (χ4n) is 0. The first-order chi connectivity index (χ1) is 1.73. The fraction of sp³-hybridized carbons (Fsp3) is 0.500. The molecule has 0 aliphatic rings. The van der Waals surface area contributed by atoms with Gasteiger partial charge in [0.05, 0.1) is 0 Å². The molecule has 0 spiro atoms. The van der Waals surface area contributed by atoms with Gasteiger partial charge in [-0.2, -0.15) is 0 Å². The van der Waals surface area contributed by atoms with Gasteiger partial charge in [-0.05, 0) is 0 Å². The van der Waals surface area contributed by atoms with Crippen LogP contribution in [0.15, 0.2) is 0 Å². The van der Waals surface area contributed by atoms with Crippen LogP contribution in [0.25, 0.3) is 0 Å². The summed E-state index contributed by atoms with van der Waals surface area (Å²) in [6, 6.07) is 0. The molecule has 3 nitrogen and oxygen atoms in total. The van der Waals surface area contributed by atoms with E-state index in [0.29, 0.717) is 0 Å². The number of carboxylic acids is 1. The number of aliphatic carboxylic acids is 1. The summed E-state index contributed by atoms with van der Waals surface area (Å²) in [6.07, 6.45) is 0. The van der Waals surface area contributed by atoms with Gasteiger partial charge in [-0.15, -0.1) is 0 Å². The summed E-state index contributed by atoms with van der Waals surface area (Å²) in [7, 11) is 0. The number of carbonyl (C=O) groups is 1. The maximum atomic E-state index is 9.00. The largest absolute Gasteiger partial charge is 0.481 e. The molecule has 0 aromatic carbocycles. The monoisotopic (exact) mass is 136 g/mol. The minimum atomic E-state index is -0.833. The van der Waals surface area contributed by atoms with E-state index in [-0.39, 0.29) is 22.0 Å². The van der Waals surface area contributed by atoms with Gasteiger partial charge in [0.15, 0.2) is 0 Å². The second kappa shape index (κ2) is 8.87. The summed E-state index contributed by atoms with van der Waals surface area (Å²) in [5.41, 5.74) is 0. The maximum Gasteiger partial charge on any atom is 0.300 e. The van der Waals surface area contributed by atoms with Crippen molar-refractivity contribution in [3.8, 4) is 0 Å². The van der Waals surface area contributed by atoms with Gasteiger partial charge in [0, 0.05) is 23.4 Å². The first kappa shape index (κ1) is 16.8. The summed E-state index contributed by atoms with van der Waals surface area (Å²) in [5.74, 6) is -0.833. The first-order valence-electron chi connectivity index (χ1n) is 0.928. The molecule has 0 saturated heterocycles. The van der Waals surface area contributed by atoms with E-state index in [0.717, 1.165) is 6.92 Å². The van der Waals surface area contributed by atoms with Crippen molar-refractivity contribution in [2.24, 2.45) is 0 Å². The smallest absolute Gasteiger partial charge is 0.300 e. The van der Waals surface area contributed by atoms with E-state index in [4.69, 9.17) is 9.90 Å². The van der Waals surface area contributed by atoms with E-state index >= 15 is 0 Å². The summed E-state index contributed by atoms with van der Waals surface area (Å²) in [5, 5.41) is 7.42. The molecule has 0 aromatic heterocycles. The summed E-state index contributed by atoms with van der Waals surface area (Å²) >= 11 is 0. The Bertz CT molecular complexity index is 31.8. The Morgan fingerprint density at radius 2 is 1.67 bits per heavy atom. The predicted octanol–water partition coefficient (Wildman–Crippen LogP) is -0.736. The van der Waals surface area contributed by atoms with Gasteiger partial charge in [0.2, 0.25) is 0 Å². The van der Waals surface area contributed by atoms with Gasteiger partial charge in [-0.25, -0.2) is 0 Å². The molecule has 42 valence electrons. The Balaban J connectivity index is -0.0000000450. The van der Waals surface area contributed by atoms with Crippen LogP contribution in [-0.4, -0.2) is 16.6 Å². The zero-order chi connectivity index (χ0) is 3.58. The average Bonchev–Trinajstić information content (AvgIpc) is 0.811. The Morgan fingerprint density at radius 1 is 1.67 bits per heavy atom. The zero-order valence-corrected chi connectivity index (χ0v) is 4.16. The van der Waals surface area contributed by atoms with E-state index in [2.05, 4.69) is 0 Å². The van der Waals surface area contributed by atoms with Gasteiger partial charge in [-0.1, -0.05) is 0 Å². The van der Waals surface area contributed by atoms with E-state index in [1.54, 1.807) is 0 Å². The third kappa shape index (κ3) is 5730. The molecule has 6 heavy (non-hydrogen) atoms. The van der Waals surface area contributed by atoms with E-state index in [1.807, 2.05) is 0 Å². The molecule has 0 heterocycles. The Labute approximate surface area is 45.6 Å². The molecule has 0 saturated carbocycles. The molecule has 0 aliphatic carbocycles. The Kier molecular flexibility index (Phi) is 24.8. The average molecular weight is 137 g/mol. The standard InChI is InChI=1S/C2H4O2.Ni.H2O/c1-2(3)4;;/h1H3,(H,3,4);;1H2. The van der Waals surface area contributed by atoms with Crippen molar-refractivity contribution in [2.75, 3.05) is 0 Å². The fourth-order valence-corrected chi connectivity index (χ4v) is 0. The molecule has 0 aliphatic heterocycles. The SMILES string of the molecule is CC(=O)O.O.[Ni]. The van der Waals surface area contributed by atoms with E-state index in [9.17, 15) is 0 Å². The molecule has 3 N–H and O–H groups in total. The summed E-state index contributed by atoms with van der Waals surface area (Å²) in [4.78, 5) is 9.00. The minimum Gasteiger partial charge on any atom is -0.481 e. The normalized spacial score (nSPS) is 4.17.